The van der Waals surface area contributed by atoms with Gasteiger partial charge < -0.3 is 28.7 Å². The molecule has 2 unspecified atom stereocenters. The van der Waals surface area contributed by atoms with Crippen LogP contribution in [0.4, 0.5) is 11.4 Å². The van der Waals surface area contributed by atoms with Gasteiger partial charge in [0.05, 0.1) is 62.0 Å². The quantitative estimate of drug-likeness (QED) is 0.317. The molecule has 8 rings (SSSR count). The molecule has 0 N–H and O–H groups in total. The van der Waals surface area contributed by atoms with Crippen LogP contribution < -0.4 is 18.9 Å². The normalized spacial score (nSPS) is 24.1. The number of hydrogen-bond donors (Lipinski definition) is 0. The molecule has 2 saturated heterocycles. The Labute approximate surface area is 263 Å². The molecule has 236 valence electrons. The zero-order chi connectivity index (χ0) is 30.8. The number of rotatable bonds is 10. The maximum absolute atomic E-state index is 13.4. The summed E-state index contributed by atoms with van der Waals surface area (Å²) in [7, 11) is 3.19. The predicted molar refractivity (Wildman–Crippen MR) is 169 cm³/mol. The minimum atomic E-state index is 0.0254. The molecule has 4 heterocycles. The summed E-state index contributed by atoms with van der Waals surface area (Å²) in [6.45, 7) is 2.64. The molecule has 4 aliphatic heterocycles. The number of amides is 2. The van der Waals surface area contributed by atoms with Crippen LogP contribution in [0, 0.1) is 10.8 Å². The SMILES string of the molecule is COc1cc2c(cc1OCCCCCOc1cc3c(cc1OC)C(=O)N1CC4(CC4)CC1C=N3)N=CC1CC3(CC3)CN1C2=O. The highest BCUT2D eigenvalue weighted by atomic mass is 16.5. The van der Waals surface area contributed by atoms with Crippen LogP contribution in [0.2, 0.25) is 0 Å². The lowest BCUT2D eigenvalue weighted by atomic mass is 10.0. The molecule has 10 nitrogen and oxygen atoms in total. The molecule has 2 amide bonds. The van der Waals surface area contributed by atoms with Crippen LogP contribution in [-0.2, 0) is 0 Å². The van der Waals surface area contributed by atoms with E-state index in [0.717, 1.165) is 45.2 Å². The number of unbranched alkanes of at least 4 members (excludes halogenated alkanes) is 2. The average molecular weight is 613 g/mol. The third-order valence-electron chi connectivity index (χ3n) is 10.6. The first-order valence-corrected chi connectivity index (χ1v) is 16.3. The van der Waals surface area contributed by atoms with Gasteiger partial charge in [-0.15, -0.1) is 0 Å². The van der Waals surface area contributed by atoms with Crippen LogP contribution in [0.15, 0.2) is 34.3 Å². The van der Waals surface area contributed by atoms with Crippen molar-refractivity contribution in [3.8, 4) is 23.0 Å². The van der Waals surface area contributed by atoms with Crippen molar-refractivity contribution in [2.24, 2.45) is 20.8 Å². The monoisotopic (exact) mass is 612 g/mol. The minimum absolute atomic E-state index is 0.0254. The van der Waals surface area contributed by atoms with E-state index in [1.54, 1.807) is 26.4 Å². The number of carbonyl (C=O) groups is 2. The smallest absolute Gasteiger partial charge is 0.256 e. The fourth-order valence-electron chi connectivity index (χ4n) is 7.57. The van der Waals surface area contributed by atoms with Crippen molar-refractivity contribution in [2.45, 2.75) is 69.9 Å². The molecule has 10 heteroatoms. The molecule has 0 radical (unpaired) electrons. The van der Waals surface area contributed by atoms with Gasteiger partial charge in [-0.25, -0.2) is 0 Å². The Kier molecular flexibility index (Phi) is 6.80. The van der Waals surface area contributed by atoms with Crippen molar-refractivity contribution >= 4 is 35.6 Å². The third-order valence-corrected chi connectivity index (χ3v) is 10.6. The Morgan fingerprint density at radius 1 is 0.667 bits per heavy atom. The highest BCUT2D eigenvalue weighted by Crippen LogP contribution is 2.56. The fourth-order valence-corrected chi connectivity index (χ4v) is 7.57. The Balaban J connectivity index is 0.849. The second kappa shape index (κ2) is 10.8. The van der Waals surface area contributed by atoms with Crippen LogP contribution >= 0.6 is 0 Å². The predicted octanol–water partition coefficient (Wildman–Crippen LogP) is 5.75. The third kappa shape index (κ3) is 5.12. The molecule has 6 aliphatic rings. The number of benzene rings is 2. The van der Waals surface area contributed by atoms with E-state index in [1.165, 1.54) is 25.7 Å². The Hall–Kier alpha value is -4.08. The van der Waals surface area contributed by atoms with Gasteiger partial charge >= 0.3 is 0 Å². The standard InChI is InChI=1S/C35H40N4O6/c1-42-28-12-24-26(36-18-22-16-34(6-7-34)20-38(22)32(24)40)14-30(28)44-10-4-3-5-11-45-31-15-27-25(13-29(31)43-2)33(41)39-21-35(8-9-35)17-23(39)19-37-27/h12-15,18-19,22-23H,3-11,16-17,20-21H2,1-2H3. The molecule has 2 saturated carbocycles. The molecule has 2 aromatic rings. The first-order valence-electron chi connectivity index (χ1n) is 16.3. The van der Waals surface area contributed by atoms with Gasteiger partial charge in [-0.3, -0.25) is 19.6 Å². The Morgan fingerprint density at radius 2 is 1.11 bits per heavy atom. The molecule has 2 atom stereocenters. The maximum atomic E-state index is 13.4. The molecule has 0 bridgehead atoms. The van der Waals surface area contributed by atoms with Gasteiger partial charge in [0, 0.05) is 37.7 Å². The number of aliphatic imine (C=N–C) groups is 2. The van der Waals surface area contributed by atoms with Gasteiger partial charge in [0.15, 0.2) is 23.0 Å². The minimum Gasteiger partial charge on any atom is -0.493 e. The molecule has 2 spiro atoms. The lowest BCUT2D eigenvalue weighted by Crippen LogP contribution is -2.35. The average Bonchev–Trinajstić information content (AvgIpc) is 3.93. The zero-order valence-corrected chi connectivity index (χ0v) is 26.0. The van der Waals surface area contributed by atoms with E-state index in [0.29, 0.717) is 69.5 Å². The first-order chi connectivity index (χ1) is 21.9. The van der Waals surface area contributed by atoms with E-state index >= 15 is 0 Å². The van der Waals surface area contributed by atoms with Crippen LogP contribution in [-0.4, -0.2) is 86.6 Å². The van der Waals surface area contributed by atoms with Crippen LogP contribution in [0.1, 0.15) is 78.5 Å². The Morgan fingerprint density at radius 3 is 1.51 bits per heavy atom. The number of nitrogens with zero attached hydrogens (tertiary/aromatic N) is 4. The molecule has 4 fully saturated rings. The van der Waals surface area contributed by atoms with E-state index in [4.69, 9.17) is 28.9 Å². The van der Waals surface area contributed by atoms with Crippen LogP contribution in [0.3, 0.4) is 0 Å². The maximum Gasteiger partial charge on any atom is 0.256 e. The summed E-state index contributed by atoms with van der Waals surface area (Å²) in [6, 6.07) is 7.34. The van der Waals surface area contributed by atoms with Crippen molar-refractivity contribution in [1.29, 1.82) is 0 Å². The lowest BCUT2D eigenvalue weighted by molar-refractivity contribution is 0.0760. The largest absolute Gasteiger partial charge is 0.493 e. The molecular formula is C35H40N4O6. The van der Waals surface area contributed by atoms with Gasteiger partial charge in [0.25, 0.3) is 11.8 Å². The van der Waals surface area contributed by atoms with Crippen molar-refractivity contribution in [3.05, 3.63) is 35.4 Å². The van der Waals surface area contributed by atoms with Crippen LogP contribution in [0.5, 0.6) is 23.0 Å². The number of hydrogen-bond acceptors (Lipinski definition) is 8. The first kappa shape index (κ1) is 28.4. The summed E-state index contributed by atoms with van der Waals surface area (Å²) in [5.41, 5.74) is 3.06. The van der Waals surface area contributed by atoms with Crippen molar-refractivity contribution in [3.63, 3.8) is 0 Å². The summed E-state index contributed by atoms with van der Waals surface area (Å²) in [5.74, 6) is 2.33. The van der Waals surface area contributed by atoms with Crippen LogP contribution in [0.25, 0.3) is 0 Å². The van der Waals surface area contributed by atoms with Gasteiger partial charge in [0.2, 0.25) is 0 Å². The van der Waals surface area contributed by atoms with Gasteiger partial charge in [-0.1, -0.05) is 0 Å². The van der Waals surface area contributed by atoms with E-state index < -0.39 is 0 Å². The van der Waals surface area contributed by atoms with E-state index in [9.17, 15) is 9.59 Å². The summed E-state index contributed by atoms with van der Waals surface area (Å²) >= 11 is 0. The summed E-state index contributed by atoms with van der Waals surface area (Å²) in [6.07, 6.45) is 13.2. The summed E-state index contributed by atoms with van der Waals surface area (Å²) < 4.78 is 23.4. The highest BCUT2D eigenvalue weighted by Gasteiger charge is 2.54. The van der Waals surface area contributed by atoms with E-state index in [1.807, 2.05) is 34.4 Å². The topological polar surface area (TPSA) is 102 Å². The van der Waals surface area contributed by atoms with Crippen molar-refractivity contribution < 1.29 is 28.5 Å². The number of methoxy groups -OCH3 is 2. The van der Waals surface area contributed by atoms with E-state index in [-0.39, 0.29) is 23.9 Å². The second-order valence-electron chi connectivity index (χ2n) is 13.8. The van der Waals surface area contributed by atoms with E-state index in [2.05, 4.69) is 0 Å². The Bertz CT molecular complexity index is 1490. The number of fused-ring (bicyclic) bond motifs is 4. The van der Waals surface area contributed by atoms with Gasteiger partial charge in [-0.05, 0) is 80.8 Å². The van der Waals surface area contributed by atoms with Crippen molar-refractivity contribution in [1.82, 2.24) is 9.80 Å². The number of ether oxygens (including phenoxy) is 4. The molecule has 2 aromatic carbocycles. The zero-order valence-electron chi connectivity index (χ0n) is 26.0. The molecule has 45 heavy (non-hydrogen) atoms. The van der Waals surface area contributed by atoms with Gasteiger partial charge in [0.1, 0.15) is 0 Å². The molecule has 2 aliphatic carbocycles. The lowest BCUT2D eigenvalue weighted by Gasteiger charge is -2.21. The molecule has 0 aromatic heterocycles. The second-order valence-corrected chi connectivity index (χ2v) is 13.8. The molecular weight excluding hydrogens is 572 g/mol. The number of carbonyl (C=O) groups excluding carboxylic acids is 2. The summed E-state index contributed by atoms with van der Waals surface area (Å²) in [4.78, 5) is 40.1. The van der Waals surface area contributed by atoms with Gasteiger partial charge in [-0.2, -0.15) is 0 Å². The highest BCUT2D eigenvalue weighted by molar-refractivity contribution is 6.04. The van der Waals surface area contributed by atoms with Crippen molar-refractivity contribution in [2.75, 3.05) is 40.5 Å². The fraction of sp³-hybridized carbons (Fsp3) is 0.543. The summed E-state index contributed by atoms with van der Waals surface area (Å²) in [5, 5.41) is 0.